The second-order valence-electron chi connectivity index (χ2n) is 11.4. The number of para-hydroxylation sites is 1. The fourth-order valence-corrected chi connectivity index (χ4v) is 6.43. The van der Waals surface area contributed by atoms with Gasteiger partial charge in [0.2, 0.25) is 5.91 Å². The molecule has 216 valence electrons. The van der Waals surface area contributed by atoms with Gasteiger partial charge < -0.3 is 24.4 Å². The van der Waals surface area contributed by atoms with E-state index in [4.69, 9.17) is 9.47 Å². The number of aromatic nitrogens is 1. The summed E-state index contributed by atoms with van der Waals surface area (Å²) in [4.78, 5) is 24.1. The number of carbonyl (C=O) groups excluding carboxylic acids is 1. The number of piperazine rings is 1. The topological polar surface area (TPSA) is 78.4 Å². The van der Waals surface area contributed by atoms with Crippen molar-refractivity contribution in [3.63, 3.8) is 0 Å². The highest BCUT2D eigenvalue weighted by atomic mass is 16.5. The second kappa shape index (κ2) is 13.1. The summed E-state index contributed by atoms with van der Waals surface area (Å²) in [6, 6.07) is 23.1. The van der Waals surface area contributed by atoms with Crippen molar-refractivity contribution in [1.29, 1.82) is 0 Å². The zero-order valence-corrected chi connectivity index (χ0v) is 23.6. The summed E-state index contributed by atoms with van der Waals surface area (Å²) < 4.78 is 12.4. The van der Waals surface area contributed by atoms with E-state index in [1.165, 1.54) is 11.3 Å². The Bertz CT molecular complexity index is 1270. The van der Waals surface area contributed by atoms with Crippen LogP contribution in [0.2, 0.25) is 0 Å². The minimum absolute atomic E-state index is 0.110. The normalized spacial score (nSPS) is 25.7. The van der Waals surface area contributed by atoms with Crippen LogP contribution in [-0.2, 0) is 20.8 Å². The molecule has 6 rings (SSSR count). The van der Waals surface area contributed by atoms with Crippen LogP contribution in [0.3, 0.4) is 0 Å². The second-order valence-corrected chi connectivity index (χ2v) is 11.4. The van der Waals surface area contributed by atoms with Gasteiger partial charge in [0, 0.05) is 63.4 Å². The molecule has 3 saturated heterocycles. The number of rotatable bonds is 6. The predicted molar refractivity (Wildman–Crippen MR) is 158 cm³/mol. The molecule has 0 bridgehead atoms. The zero-order chi connectivity index (χ0) is 28.0. The number of hydrogen-bond acceptors (Lipinski definition) is 7. The van der Waals surface area contributed by atoms with E-state index in [0.29, 0.717) is 19.6 Å². The van der Waals surface area contributed by atoms with Gasteiger partial charge in [-0.15, -0.1) is 0 Å². The maximum absolute atomic E-state index is 13.2. The van der Waals surface area contributed by atoms with E-state index in [0.717, 1.165) is 56.7 Å². The molecule has 0 radical (unpaired) electrons. The van der Waals surface area contributed by atoms with Gasteiger partial charge in [0.15, 0.2) is 0 Å². The molecule has 3 fully saturated rings. The Labute approximate surface area is 242 Å². The molecule has 2 aromatic carbocycles. The third-order valence-corrected chi connectivity index (χ3v) is 8.57. The third-order valence-electron chi connectivity index (χ3n) is 8.57. The molecule has 4 atom stereocenters. The van der Waals surface area contributed by atoms with Gasteiger partial charge in [0.25, 0.3) is 0 Å². The molecular formula is C33H40N4O4. The van der Waals surface area contributed by atoms with Crippen molar-refractivity contribution in [2.75, 3.05) is 50.8 Å². The van der Waals surface area contributed by atoms with E-state index in [9.17, 15) is 9.90 Å². The van der Waals surface area contributed by atoms with Crippen molar-refractivity contribution in [1.82, 2.24) is 14.8 Å². The average molecular weight is 557 g/mol. The summed E-state index contributed by atoms with van der Waals surface area (Å²) in [6.07, 6.45) is 4.97. The first kappa shape index (κ1) is 27.8. The molecule has 8 nitrogen and oxygen atoms in total. The van der Waals surface area contributed by atoms with Gasteiger partial charge in [-0.2, -0.15) is 0 Å². The number of amides is 1. The number of pyridine rings is 1. The van der Waals surface area contributed by atoms with Crippen LogP contribution in [-0.4, -0.2) is 96.1 Å². The first-order valence-corrected chi connectivity index (χ1v) is 14.8. The Balaban J connectivity index is 1.07. The number of carbonyl (C=O) groups is 1. The van der Waals surface area contributed by atoms with Crippen LogP contribution in [0, 0.1) is 0 Å². The highest BCUT2D eigenvalue weighted by molar-refractivity contribution is 5.77. The minimum atomic E-state index is -0.548. The SMILES string of the molecule is O=C(C[C@@H]1CC[C@H]2[C@@H](COC[C@@H](O)CN2Cc2cccc(-c3ccncc3)c2)O1)N1CCN(c2ccccc2)CC1. The smallest absolute Gasteiger partial charge is 0.225 e. The molecule has 1 amide bonds. The van der Waals surface area contributed by atoms with Gasteiger partial charge in [-0.3, -0.25) is 14.7 Å². The number of fused-ring (bicyclic) bond motifs is 1. The Kier molecular flexibility index (Phi) is 8.91. The lowest BCUT2D eigenvalue weighted by atomic mass is 9.94. The molecule has 41 heavy (non-hydrogen) atoms. The van der Waals surface area contributed by atoms with Crippen LogP contribution < -0.4 is 4.90 Å². The Morgan fingerprint density at radius 3 is 2.51 bits per heavy atom. The van der Waals surface area contributed by atoms with Gasteiger partial charge >= 0.3 is 0 Å². The Morgan fingerprint density at radius 2 is 1.71 bits per heavy atom. The summed E-state index contributed by atoms with van der Waals surface area (Å²) in [5.41, 5.74) is 4.69. The van der Waals surface area contributed by atoms with E-state index in [-0.39, 0.29) is 30.8 Å². The molecular weight excluding hydrogens is 516 g/mol. The average Bonchev–Trinajstić information content (AvgIpc) is 3.01. The van der Waals surface area contributed by atoms with Crippen molar-refractivity contribution < 1.29 is 19.4 Å². The number of anilines is 1. The molecule has 0 saturated carbocycles. The predicted octanol–water partition coefficient (Wildman–Crippen LogP) is 3.60. The van der Waals surface area contributed by atoms with Crippen molar-refractivity contribution in [2.45, 2.75) is 50.2 Å². The van der Waals surface area contributed by atoms with Crippen molar-refractivity contribution in [3.05, 3.63) is 84.7 Å². The van der Waals surface area contributed by atoms with Crippen LogP contribution in [0.25, 0.3) is 11.1 Å². The Morgan fingerprint density at radius 1 is 0.902 bits per heavy atom. The molecule has 0 aliphatic carbocycles. The summed E-state index contributed by atoms with van der Waals surface area (Å²) in [5.74, 6) is 0.174. The monoisotopic (exact) mass is 556 g/mol. The molecule has 3 aliphatic rings. The minimum Gasteiger partial charge on any atom is -0.389 e. The number of β-amino-alcohol motifs (C(OH)–C–C–N with tert-alkyl or cyclic N) is 1. The van der Waals surface area contributed by atoms with Gasteiger partial charge in [-0.05, 0) is 59.9 Å². The van der Waals surface area contributed by atoms with E-state index in [1.807, 2.05) is 35.5 Å². The van der Waals surface area contributed by atoms with E-state index < -0.39 is 6.10 Å². The molecule has 1 N–H and O–H groups in total. The lowest BCUT2D eigenvalue weighted by molar-refractivity contribution is -0.161. The van der Waals surface area contributed by atoms with Crippen LogP contribution >= 0.6 is 0 Å². The van der Waals surface area contributed by atoms with Crippen LogP contribution in [0.5, 0.6) is 0 Å². The van der Waals surface area contributed by atoms with Crippen molar-refractivity contribution >= 4 is 11.6 Å². The summed E-state index contributed by atoms with van der Waals surface area (Å²) in [7, 11) is 0. The number of ether oxygens (including phenoxy) is 2. The molecule has 1 aromatic heterocycles. The van der Waals surface area contributed by atoms with Gasteiger partial charge in [0.05, 0.1) is 37.9 Å². The Hall–Kier alpha value is -3.30. The maximum atomic E-state index is 13.2. The summed E-state index contributed by atoms with van der Waals surface area (Å²) in [5, 5.41) is 10.6. The quantitative estimate of drug-likeness (QED) is 0.497. The molecule has 3 aromatic rings. The highest BCUT2D eigenvalue weighted by Crippen LogP contribution is 2.30. The molecule has 3 aliphatic heterocycles. The molecule has 4 heterocycles. The molecule has 0 spiro atoms. The summed E-state index contributed by atoms with van der Waals surface area (Å²) >= 11 is 0. The number of nitrogens with zero attached hydrogens (tertiary/aromatic N) is 4. The third kappa shape index (κ3) is 6.96. The van der Waals surface area contributed by atoms with Gasteiger partial charge in [0.1, 0.15) is 0 Å². The maximum Gasteiger partial charge on any atom is 0.225 e. The van der Waals surface area contributed by atoms with Crippen molar-refractivity contribution in [3.8, 4) is 11.1 Å². The van der Waals surface area contributed by atoms with Crippen LogP contribution in [0.1, 0.15) is 24.8 Å². The largest absolute Gasteiger partial charge is 0.389 e. The number of benzene rings is 2. The lowest BCUT2D eigenvalue weighted by Crippen LogP contribution is -2.56. The fourth-order valence-electron chi connectivity index (χ4n) is 6.43. The zero-order valence-electron chi connectivity index (χ0n) is 23.6. The number of aliphatic hydroxyl groups excluding tert-OH is 1. The molecule has 8 heteroatoms. The van der Waals surface area contributed by atoms with Crippen LogP contribution in [0.15, 0.2) is 79.1 Å². The van der Waals surface area contributed by atoms with Gasteiger partial charge in [-0.1, -0.05) is 36.4 Å². The highest BCUT2D eigenvalue weighted by Gasteiger charge is 2.38. The first-order chi connectivity index (χ1) is 20.1. The van der Waals surface area contributed by atoms with Gasteiger partial charge in [-0.25, -0.2) is 0 Å². The summed E-state index contributed by atoms with van der Waals surface area (Å²) in [6.45, 7) is 5.12. The van der Waals surface area contributed by atoms with E-state index in [1.54, 1.807) is 0 Å². The first-order valence-electron chi connectivity index (χ1n) is 14.8. The standard InChI is InChI=1S/C33H40N4O4/c38-29-22-37(21-25-5-4-6-27(19-25)26-11-13-34-14-12-26)31-10-9-30(41-32(31)24-40-23-29)20-33(39)36-17-15-35(16-18-36)28-7-2-1-3-8-28/h1-8,11-14,19,29-32,38H,9-10,15-18,20-24H2/t29-,30-,31-,32+/m0/s1. The van der Waals surface area contributed by atoms with Crippen LogP contribution in [0.4, 0.5) is 5.69 Å². The molecule has 0 unspecified atom stereocenters. The van der Waals surface area contributed by atoms with E-state index >= 15 is 0 Å². The van der Waals surface area contributed by atoms with Crippen molar-refractivity contribution in [2.24, 2.45) is 0 Å². The fraction of sp³-hybridized carbons (Fsp3) is 0.455. The lowest BCUT2D eigenvalue weighted by Gasteiger charge is -2.45. The number of aliphatic hydroxyl groups is 1. The number of hydrogen-bond donors (Lipinski definition) is 1. The van der Waals surface area contributed by atoms with E-state index in [2.05, 4.69) is 63.3 Å².